The highest BCUT2D eigenvalue weighted by Crippen LogP contribution is 2.26. The van der Waals surface area contributed by atoms with Crippen molar-refractivity contribution in [3.63, 3.8) is 0 Å². The zero-order chi connectivity index (χ0) is 18.5. The highest BCUT2D eigenvalue weighted by atomic mass is 35.5. The van der Waals surface area contributed by atoms with Crippen LogP contribution in [0.4, 0.5) is 5.69 Å². The van der Waals surface area contributed by atoms with Crippen LogP contribution in [0.2, 0.25) is 5.02 Å². The number of amides is 1. The second-order valence-corrected chi connectivity index (χ2v) is 6.66. The fourth-order valence-electron chi connectivity index (χ4n) is 3.07. The van der Waals surface area contributed by atoms with Gasteiger partial charge in [0.15, 0.2) is 0 Å². The minimum atomic E-state index is -0.130. The summed E-state index contributed by atoms with van der Waals surface area (Å²) < 4.78 is 0. The number of carbonyl (C=O) groups is 1. The molecule has 0 aliphatic heterocycles. The third-order valence-electron chi connectivity index (χ3n) is 4.63. The van der Waals surface area contributed by atoms with Crippen LogP contribution >= 0.6 is 11.6 Å². The van der Waals surface area contributed by atoms with E-state index in [1.54, 1.807) is 0 Å². The molecule has 0 unspecified atom stereocenters. The van der Waals surface area contributed by atoms with Gasteiger partial charge in [0.05, 0.1) is 0 Å². The number of anilines is 1. The number of nitrogens with zero attached hydrogens (tertiary/aromatic N) is 1. The average Bonchev–Trinajstić information content (AvgIpc) is 2.67. The Hall–Kier alpha value is -2.36. The van der Waals surface area contributed by atoms with E-state index >= 15 is 0 Å². The number of hydrogen-bond acceptors (Lipinski definition) is 2. The van der Waals surface area contributed by atoms with E-state index in [2.05, 4.69) is 36.2 Å². The lowest BCUT2D eigenvalue weighted by molar-refractivity contribution is 0.102. The quantitative estimate of drug-likeness (QED) is 0.617. The van der Waals surface area contributed by atoms with Crippen LogP contribution < -0.4 is 5.32 Å². The SMILES string of the molecule is CCN(CC)Cc1ccc(NC(=O)c2cccc3c(Cl)cccc23)cc1. The summed E-state index contributed by atoms with van der Waals surface area (Å²) in [6.07, 6.45) is 0. The van der Waals surface area contributed by atoms with Crippen molar-refractivity contribution in [2.45, 2.75) is 20.4 Å². The molecule has 0 radical (unpaired) electrons. The normalized spacial score (nSPS) is 11.1. The largest absolute Gasteiger partial charge is 0.322 e. The fraction of sp³-hybridized carbons (Fsp3) is 0.227. The van der Waals surface area contributed by atoms with Gasteiger partial charge in [-0.25, -0.2) is 0 Å². The Bertz CT molecular complexity index is 902. The molecule has 0 aliphatic carbocycles. The zero-order valence-corrected chi connectivity index (χ0v) is 15.9. The van der Waals surface area contributed by atoms with Crippen molar-refractivity contribution >= 4 is 34.0 Å². The smallest absolute Gasteiger partial charge is 0.256 e. The summed E-state index contributed by atoms with van der Waals surface area (Å²) in [6.45, 7) is 7.30. The monoisotopic (exact) mass is 366 g/mol. The van der Waals surface area contributed by atoms with Crippen molar-refractivity contribution < 1.29 is 4.79 Å². The zero-order valence-electron chi connectivity index (χ0n) is 15.1. The van der Waals surface area contributed by atoms with E-state index in [-0.39, 0.29) is 5.91 Å². The van der Waals surface area contributed by atoms with Gasteiger partial charge in [-0.15, -0.1) is 0 Å². The predicted molar refractivity (Wildman–Crippen MR) is 110 cm³/mol. The Balaban J connectivity index is 1.77. The van der Waals surface area contributed by atoms with Crippen LogP contribution in [0.3, 0.4) is 0 Å². The summed E-state index contributed by atoms with van der Waals surface area (Å²) in [5.41, 5.74) is 2.65. The number of rotatable bonds is 6. The lowest BCUT2D eigenvalue weighted by Gasteiger charge is -2.18. The molecule has 134 valence electrons. The van der Waals surface area contributed by atoms with Crippen LogP contribution in [0.25, 0.3) is 10.8 Å². The summed E-state index contributed by atoms with van der Waals surface area (Å²) in [6, 6.07) is 19.3. The molecule has 1 N–H and O–H groups in total. The molecule has 0 heterocycles. The first-order valence-electron chi connectivity index (χ1n) is 8.92. The first-order valence-corrected chi connectivity index (χ1v) is 9.30. The lowest BCUT2D eigenvalue weighted by atomic mass is 10.0. The summed E-state index contributed by atoms with van der Waals surface area (Å²) in [7, 11) is 0. The van der Waals surface area contributed by atoms with Gasteiger partial charge in [-0.3, -0.25) is 9.69 Å². The number of halogens is 1. The third-order valence-corrected chi connectivity index (χ3v) is 4.96. The molecule has 0 bridgehead atoms. The molecular formula is C22H23ClN2O. The molecule has 26 heavy (non-hydrogen) atoms. The van der Waals surface area contributed by atoms with Crippen molar-refractivity contribution in [1.82, 2.24) is 4.90 Å². The minimum absolute atomic E-state index is 0.130. The van der Waals surface area contributed by atoms with Crippen molar-refractivity contribution in [1.29, 1.82) is 0 Å². The van der Waals surface area contributed by atoms with Crippen LogP contribution in [0.15, 0.2) is 60.7 Å². The van der Waals surface area contributed by atoms with Gasteiger partial charge in [-0.2, -0.15) is 0 Å². The van der Waals surface area contributed by atoms with E-state index in [4.69, 9.17) is 11.6 Å². The molecule has 3 rings (SSSR count). The van der Waals surface area contributed by atoms with Crippen LogP contribution in [-0.2, 0) is 6.54 Å². The molecule has 0 aromatic heterocycles. The van der Waals surface area contributed by atoms with Gasteiger partial charge in [-0.1, -0.05) is 61.8 Å². The summed E-state index contributed by atoms with van der Waals surface area (Å²) >= 11 is 6.24. The maximum Gasteiger partial charge on any atom is 0.256 e. The van der Waals surface area contributed by atoms with Gasteiger partial charge in [-0.05, 0) is 48.3 Å². The van der Waals surface area contributed by atoms with Gasteiger partial charge >= 0.3 is 0 Å². The molecular weight excluding hydrogens is 344 g/mol. The van der Waals surface area contributed by atoms with Crippen LogP contribution in [0, 0.1) is 0 Å². The van der Waals surface area contributed by atoms with Crippen LogP contribution in [0.1, 0.15) is 29.8 Å². The van der Waals surface area contributed by atoms with Crippen molar-refractivity contribution in [2.75, 3.05) is 18.4 Å². The molecule has 4 heteroatoms. The maximum absolute atomic E-state index is 12.7. The third kappa shape index (κ3) is 4.06. The number of nitrogens with one attached hydrogen (secondary N) is 1. The molecule has 3 nitrogen and oxygen atoms in total. The highest BCUT2D eigenvalue weighted by molar-refractivity contribution is 6.36. The molecule has 3 aromatic rings. The van der Waals surface area contributed by atoms with Gasteiger partial charge in [0.25, 0.3) is 5.91 Å². The molecule has 0 saturated heterocycles. The van der Waals surface area contributed by atoms with Gasteiger partial charge in [0, 0.05) is 28.2 Å². The minimum Gasteiger partial charge on any atom is -0.322 e. The number of fused-ring (bicyclic) bond motifs is 1. The number of hydrogen-bond donors (Lipinski definition) is 1. The molecule has 0 fully saturated rings. The van der Waals surface area contributed by atoms with Gasteiger partial charge < -0.3 is 5.32 Å². The molecule has 0 saturated carbocycles. The Morgan fingerprint density at radius 3 is 2.27 bits per heavy atom. The summed E-state index contributed by atoms with van der Waals surface area (Å²) in [4.78, 5) is 15.1. The van der Waals surface area contributed by atoms with Gasteiger partial charge in [0.2, 0.25) is 0 Å². The van der Waals surface area contributed by atoms with Crippen molar-refractivity contribution in [2.24, 2.45) is 0 Å². The number of benzene rings is 3. The molecule has 1 amide bonds. The highest BCUT2D eigenvalue weighted by Gasteiger charge is 2.11. The van der Waals surface area contributed by atoms with E-state index in [1.165, 1.54) is 5.56 Å². The Morgan fingerprint density at radius 1 is 0.923 bits per heavy atom. The van der Waals surface area contributed by atoms with E-state index in [1.807, 2.05) is 48.5 Å². The van der Waals surface area contributed by atoms with Crippen molar-refractivity contribution in [3.8, 4) is 0 Å². The van der Waals surface area contributed by atoms with Gasteiger partial charge in [0.1, 0.15) is 0 Å². The van der Waals surface area contributed by atoms with E-state index in [0.29, 0.717) is 10.6 Å². The Morgan fingerprint density at radius 2 is 1.58 bits per heavy atom. The molecule has 0 spiro atoms. The average molecular weight is 367 g/mol. The molecule has 0 atom stereocenters. The predicted octanol–water partition coefficient (Wildman–Crippen LogP) is 5.59. The number of carbonyl (C=O) groups excluding carboxylic acids is 1. The summed E-state index contributed by atoms with van der Waals surface area (Å²) in [5.74, 6) is -0.130. The maximum atomic E-state index is 12.7. The Kier molecular flexibility index (Phi) is 5.92. The van der Waals surface area contributed by atoms with E-state index in [0.717, 1.165) is 36.1 Å². The van der Waals surface area contributed by atoms with E-state index < -0.39 is 0 Å². The second kappa shape index (κ2) is 8.35. The standard InChI is InChI=1S/C22H23ClN2O/c1-3-25(4-2)15-16-11-13-17(14-12-16)24-22(26)20-9-5-8-19-18(20)7-6-10-21(19)23/h5-14H,3-4,15H2,1-2H3,(H,24,26). The lowest BCUT2D eigenvalue weighted by Crippen LogP contribution is -2.22. The molecule has 0 aliphatic rings. The topological polar surface area (TPSA) is 32.3 Å². The summed E-state index contributed by atoms with van der Waals surface area (Å²) in [5, 5.41) is 5.38. The van der Waals surface area contributed by atoms with E-state index in [9.17, 15) is 4.79 Å². The van der Waals surface area contributed by atoms with Crippen LogP contribution in [0.5, 0.6) is 0 Å². The molecule has 3 aromatic carbocycles. The van der Waals surface area contributed by atoms with Crippen LogP contribution in [-0.4, -0.2) is 23.9 Å². The van der Waals surface area contributed by atoms with Crippen molar-refractivity contribution in [3.05, 3.63) is 76.8 Å². The fourth-order valence-corrected chi connectivity index (χ4v) is 3.30. The Labute approximate surface area is 159 Å². The first-order chi connectivity index (χ1) is 12.6. The second-order valence-electron chi connectivity index (χ2n) is 6.25. The first kappa shape index (κ1) is 18.4.